The zero-order valence-corrected chi connectivity index (χ0v) is 39.6. The van der Waals surface area contributed by atoms with E-state index in [0.29, 0.717) is 90.0 Å². The summed E-state index contributed by atoms with van der Waals surface area (Å²) in [5, 5.41) is 14.8. The topological polar surface area (TPSA) is 203 Å². The Balaban J connectivity index is 1.21. The van der Waals surface area contributed by atoms with Crippen molar-refractivity contribution < 1.29 is 60.4 Å². The van der Waals surface area contributed by atoms with Crippen LogP contribution in [0.2, 0.25) is 0 Å². The van der Waals surface area contributed by atoms with Gasteiger partial charge in [0.25, 0.3) is 11.8 Å². The standard InChI is InChI=1S/C48H59F2N5O11S/c1-27-10-8-9-11-31-25-48(31,43(58)53-67(61,62)46(5)16-17-46)52-40(56)36-24-33(26-54(36)42(57)39(28(2)20-27)55(44(59)60)45(3,4)47(6,49)50)66-41-34-14-13-32(63-7)21-30(34)22-35(51-41)29-12-15-37-38(23-29)65-19-18-64-37/h9,11-15,21-23,27-28,31,33,36,39H,8,10,16-20,24-26H2,1-7H3,(H,52,56)(H,53,58)(H,59,60)/t27-,28-,31-,33-,36+,39+,48-/m1/s1. The van der Waals surface area contributed by atoms with E-state index < -0.39 is 85.6 Å². The third kappa shape index (κ3) is 9.07. The molecule has 8 rings (SSSR count). The molecule has 7 atom stereocenters. The van der Waals surface area contributed by atoms with Gasteiger partial charge in [-0.1, -0.05) is 26.0 Å². The second-order valence-electron chi connectivity index (χ2n) is 19.8. The Hall–Kier alpha value is -5.72. The number of hydrogen-bond donors (Lipinski definition) is 3. The summed E-state index contributed by atoms with van der Waals surface area (Å²) in [4.78, 5) is 64.4. The molecule has 0 bridgehead atoms. The molecule has 2 aliphatic carbocycles. The molecule has 67 heavy (non-hydrogen) atoms. The summed E-state index contributed by atoms with van der Waals surface area (Å²) in [6.07, 6.45) is 2.84. The lowest BCUT2D eigenvalue weighted by molar-refractivity contribution is -0.156. The fraction of sp³-hybridized carbons (Fsp3) is 0.562. The number of nitrogens with zero attached hydrogens (tertiary/aromatic N) is 3. The first kappa shape index (κ1) is 47.8. The number of carbonyl (C=O) groups excluding carboxylic acids is 3. The molecule has 0 spiro atoms. The second-order valence-corrected chi connectivity index (χ2v) is 22.0. The number of aromatic nitrogens is 1. The number of carboxylic acid groups (broad SMARTS) is 1. The maximum atomic E-state index is 15.6. The van der Waals surface area contributed by atoms with Crippen LogP contribution < -0.4 is 29.0 Å². The number of amides is 4. The average Bonchev–Trinajstić information content (AvgIpc) is 4.15. The molecular formula is C48H59F2N5O11S. The summed E-state index contributed by atoms with van der Waals surface area (Å²) in [6, 6.07) is 9.39. The Morgan fingerprint density at radius 3 is 2.42 bits per heavy atom. The lowest BCUT2D eigenvalue weighted by Crippen LogP contribution is -2.66. The first-order valence-corrected chi connectivity index (χ1v) is 24.3. The molecular weight excluding hydrogens is 893 g/mol. The van der Waals surface area contributed by atoms with Gasteiger partial charge in [-0.2, -0.15) is 0 Å². The Morgan fingerprint density at radius 1 is 1.03 bits per heavy atom. The second kappa shape index (κ2) is 17.4. The number of rotatable bonds is 10. The first-order valence-electron chi connectivity index (χ1n) is 22.8. The maximum Gasteiger partial charge on any atom is 0.408 e. The number of fused-ring (bicyclic) bond motifs is 4. The molecule has 3 aromatic rings. The SMILES string of the molecule is COc1ccc2c(O[C@@H]3C[C@H]4C(=O)N[C@]5(C(=O)NS(=O)(=O)C6(C)CC6)C[C@H]5C=CCC[C@@H](C)C[C@@H](C)[C@H](N(C(=O)O)C(C)(C)C(C)(F)F)C(=O)N4C3)nc(-c3ccc4c(c3)OCCO4)cc2c1. The zero-order valence-electron chi connectivity index (χ0n) is 38.8. The molecule has 1 aromatic heterocycles. The van der Waals surface area contributed by atoms with Gasteiger partial charge in [-0.25, -0.2) is 27.0 Å². The number of allylic oxidation sites excluding steroid dienone is 1. The van der Waals surface area contributed by atoms with Crippen molar-refractivity contribution >= 4 is 44.6 Å². The molecule has 0 radical (unpaired) electrons. The summed E-state index contributed by atoms with van der Waals surface area (Å²) in [6.45, 7) is 8.30. The van der Waals surface area contributed by atoms with Crippen molar-refractivity contribution in [2.75, 3.05) is 26.9 Å². The van der Waals surface area contributed by atoms with Crippen LogP contribution in [0.15, 0.2) is 54.6 Å². The van der Waals surface area contributed by atoms with E-state index in [4.69, 9.17) is 23.9 Å². The smallest absolute Gasteiger partial charge is 0.408 e. The van der Waals surface area contributed by atoms with Crippen LogP contribution in [0.25, 0.3) is 22.0 Å². The number of hydrogen-bond acceptors (Lipinski definition) is 11. The molecule has 2 aromatic carbocycles. The van der Waals surface area contributed by atoms with E-state index in [9.17, 15) is 27.9 Å². The molecule has 1 saturated heterocycles. The van der Waals surface area contributed by atoms with E-state index in [1.165, 1.54) is 14.0 Å². The van der Waals surface area contributed by atoms with Gasteiger partial charge < -0.3 is 34.3 Å². The summed E-state index contributed by atoms with van der Waals surface area (Å²) in [7, 11) is -2.59. The third-order valence-electron chi connectivity index (χ3n) is 14.5. The molecule has 5 aliphatic rings. The number of alkyl halides is 2. The molecule has 3 N–H and O–H groups in total. The predicted octanol–water partition coefficient (Wildman–Crippen LogP) is 6.70. The average molecular weight is 952 g/mol. The van der Waals surface area contributed by atoms with Crippen LogP contribution >= 0.6 is 0 Å². The van der Waals surface area contributed by atoms with E-state index in [2.05, 4.69) is 10.0 Å². The van der Waals surface area contributed by atoms with E-state index in [-0.39, 0.29) is 37.6 Å². The van der Waals surface area contributed by atoms with E-state index in [1.807, 2.05) is 25.1 Å². The molecule has 16 nitrogen and oxygen atoms in total. The molecule has 19 heteroatoms. The molecule has 0 unspecified atom stereocenters. The summed E-state index contributed by atoms with van der Waals surface area (Å²) >= 11 is 0. The number of sulfonamides is 1. The van der Waals surface area contributed by atoms with Gasteiger partial charge in [-0.05, 0) is 119 Å². The van der Waals surface area contributed by atoms with Crippen LogP contribution in [-0.4, -0.2) is 119 Å². The van der Waals surface area contributed by atoms with E-state index in [0.717, 1.165) is 18.7 Å². The Labute approximate surface area is 388 Å². The van der Waals surface area contributed by atoms with E-state index >= 15 is 13.6 Å². The summed E-state index contributed by atoms with van der Waals surface area (Å²) < 4.78 is 82.8. The number of nitrogens with one attached hydrogen (secondary N) is 2. The van der Waals surface area contributed by atoms with Crippen molar-refractivity contribution in [3.05, 3.63) is 54.6 Å². The monoisotopic (exact) mass is 951 g/mol. The van der Waals surface area contributed by atoms with Gasteiger partial charge in [0.1, 0.15) is 48.2 Å². The van der Waals surface area contributed by atoms with Crippen LogP contribution in [0.4, 0.5) is 13.6 Å². The minimum atomic E-state index is -4.12. The van der Waals surface area contributed by atoms with Crippen LogP contribution in [-0.2, 0) is 24.4 Å². The van der Waals surface area contributed by atoms with Gasteiger partial charge in [0.15, 0.2) is 11.5 Å². The quantitative estimate of drug-likeness (QED) is 0.182. The van der Waals surface area contributed by atoms with Gasteiger partial charge in [0.2, 0.25) is 27.7 Å². The van der Waals surface area contributed by atoms with Crippen molar-refractivity contribution in [3.63, 3.8) is 0 Å². The van der Waals surface area contributed by atoms with Crippen LogP contribution in [0.1, 0.15) is 86.5 Å². The van der Waals surface area contributed by atoms with Crippen LogP contribution in [0.5, 0.6) is 23.1 Å². The fourth-order valence-electron chi connectivity index (χ4n) is 9.59. The maximum absolute atomic E-state index is 15.6. The summed E-state index contributed by atoms with van der Waals surface area (Å²) in [5.41, 5.74) is -2.96. The molecule has 362 valence electrons. The number of ether oxygens (including phenoxy) is 4. The van der Waals surface area contributed by atoms with Gasteiger partial charge >= 0.3 is 6.09 Å². The minimum Gasteiger partial charge on any atom is -0.497 e. The van der Waals surface area contributed by atoms with E-state index in [1.54, 1.807) is 43.3 Å². The normalized spacial score (nSPS) is 27.4. The summed E-state index contributed by atoms with van der Waals surface area (Å²) in [5.74, 6) is -6.01. The Bertz CT molecular complexity index is 2620. The lowest BCUT2D eigenvalue weighted by Gasteiger charge is -2.47. The predicted molar refractivity (Wildman–Crippen MR) is 243 cm³/mol. The fourth-order valence-corrected chi connectivity index (χ4v) is 10.9. The van der Waals surface area contributed by atoms with Gasteiger partial charge in [0.05, 0.1) is 24.1 Å². The molecule has 4 amide bonds. The molecule has 4 heterocycles. The molecule has 3 aliphatic heterocycles. The Kier molecular flexibility index (Phi) is 12.4. The number of carbonyl (C=O) groups is 4. The molecule has 2 saturated carbocycles. The highest BCUT2D eigenvalue weighted by Gasteiger charge is 2.63. The molecule has 3 fully saturated rings. The minimum absolute atomic E-state index is 0.0711. The van der Waals surface area contributed by atoms with Gasteiger partial charge in [0, 0.05) is 30.2 Å². The highest BCUT2D eigenvalue weighted by Crippen LogP contribution is 2.48. The van der Waals surface area contributed by atoms with Crippen molar-refractivity contribution in [2.24, 2.45) is 17.8 Å². The van der Waals surface area contributed by atoms with Gasteiger partial charge in [-0.3, -0.25) is 24.0 Å². The van der Waals surface area contributed by atoms with Crippen LogP contribution in [0, 0.1) is 17.8 Å². The highest BCUT2D eigenvalue weighted by atomic mass is 32.2. The van der Waals surface area contributed by atoms with Crippen molar-refractivity contribution in [2.45, 2.75) is 126 Å². The van der Waals surface area contributed by atoms with Crippen LogP contribution in [0.3, 0.4) is 0 Å². The lowest BCUT2D eigenvalue weighted by atomic mass is 9.84. The first-order chi connectivity index (χ1) is 31.5. The third-order valence-corrected chi connectivity index (χ3v) is 16.6. The van der Waals surface area contributed by atoms with Crippen molar-refractivity contribution in [3.8, 4) is 34.4 Å². The number of benzene rings is 2. The Morgan fingerprint density at radius 2 is 1.75 bits per heavy atom. The van der Waals surface area contributed by atoms with Crippen molar-refractivity contribution in [1.82, 2.24) is 24.8 Å². The van der Waals surface area contributed by atoms with Gasteiger partial charge in [-0.15, -0.1) is 0 Å². The zero-order chi connectivity index (χ0) is 48.4. The highest BCUT2D eigenvalue weighted by molar-refractivity contribution is 7.91. The number of pyridine rings is 1. The largest absolute Gasteiger partial charge is 0.497 e. The number of halogens is 2. The number of methoxy groups -OCH3 is 1. The van der Waals surface area contributed by atoms with Crippen molar-refractivity contribution in [1.29, 1.82) is 0 Å².